The van der Waals surface area contributed by atoms with Crippen LogP contribution in [-0.4, -0.2) is 10.1 Å². The largest absolute Gasteiger partial charge is 0.507 e. The average Bonchev–Trinajstić information content (AvgIpc) is 2.85. The van der Waals surface area contributed by atoms with Gasteiger partial charge in [-0.1, -0.05) is 25.4 Å². The number of hydrogen-bond donors (Lipinski definition) is 1. The van der Waals surface area contributed by atoms with Crippen LogP contribution in [-0.2, 0) is 6.42 Å². The second-order valence-corrected chi connectivity index (χ2v) is 6.01. The second-order valence-electron chi connectivity index (χ2n) is 5.65. The van der Waals surface area contributed by atoms with Crippen LogP contribution < -0.4 is 0 Å². The molecule has 3 nitrogen and oxygen atoms in total. The zero-order valence-electron chi connectivity index (χ0n) is 12.2. The Kier molecular flexibility index (Phi) is 3.79. The smallest absolute Gasteiger partial charge is 0.168 e. The predicted molar refractivity (Wildman–Crippen MR) is 84.6 cm³/mol. The maximum Gasteiger partial charge on any atom is 0.168 e. The van der Waals surface area contributed by atoms with Crippen LogP contribution >= 0.6 is 11.6 Å². The van der Waals surface area contributed by atoms with Crippen molar-refractivity contribution >= 4 is 22.6 Å². The lowest BCUT2D eigenvalue weighted by Gasteiger charge is -2.07. The van der Waals surface area contributed by atoms with E-state index >= 15 is 0 Å². The highest BCUT2D eigenvalue weighted by molar-refractivity contribution is 6.29. The molecule has 5 heteroatoms. The molecule has 0 spiro atoms. The third-order valence-corrected chi connectivity index (χ3v) is 3.73. The van der Waals surface area contributed by atoms with Gasteiger partial charge in [-0.25, -0.2) is 9.37 Å². The number of rotatable bonds is 3. The summed E-state index contributed by atoms with van der Waals surface area (Å²) in [5.41, 5.74) is 1.16. The van der Waals surface area contributed by atoms with Gasteiger partial charge in [-0.15, -0.1) is 0 Å². The van der Waals surface area contributed by atoms with E-state index in [4.69, 9.17) is 16.0 Å². The second kappa shape index (κ2) is 5.61. The van der Waals surface area contributed by atoms with Crippen LogP contribution in [0.1, 0.15) is 19.6 Å². The number of aromatic nitrogens is 1. The van der Waals surface area contributed by atoms with Gasteiger partial charge in [0.05, 0.1) is 5.39 Å². The molecule has 2 aromatic heterocycles. The molecule has 114 valence electrons. The molecule has 0 unspecified atom stereocenters. The van der Waals surface area contributed by atoms with Crippen LogP contribution in [0.4, 0.5) is 4.39 Å². The van der Waals surface area contributed by atoms with E-state index in [1.54, 1.807) is 18.2 Å². The van der Waals surface area contributed by atoms with Crippen molar-refractivity contribution in [1.82, 2.24) is 4.98 Å². The summed E-state index contributed by atoms with van der Waals surface area (Å²) in [6.45, 7) is 4.18. The third-order valence-electron chi connectivity index (χ3n) is 3.47. The number of hydrogen-bond acceptors (Lipinski definition) is 3. The van der Waals surface area contributed by atoms with Gasteiger partial charge in [0.1, 0.15) is 17.1 Å². The Balaban J connectivity index is 2.15. The van der Waals surface area contributed by atoms with Crippen LogP contribution in [0.25, 0.3) is 22.1 Å². The Labute approximate surface area is 132 Å². The fourth-order valence-electron chi connectivity index (χ4n) is 2.50. The zero-order chi connectivity index (χ0) is 15.9. The Morgan fingerprint density at radius 2 is 2.05 bits per heavy atom. The van der Waals surface area contributed by atoms with Crippen molar-refractivity contribution in [3.05, 3.63) is 47.2 Å². The molecule has 1 aromatic carbocycles. The molecule has 0 bridgehead atoms. The number of furan rings is 1. The van der Waals surface area contributed by atoms with Crippen molar-refractivity contribution < 1.29 is 13.9 Å². The lowest BCUT2D eigenvalue weighted by atomic mass is 10.0. The number of fused-ring (bicyclic) bond motifs is 1. The maximum atomic E-state index is 14.1. The third kappa shape index (κ3) is 2.55. The van der Waals surface area contributed by atoms with E-state index in [1.165, 1.54) is 12.3 Å². The summed E-state index contributed by atoms with van der Waals surface area (Å²) in [7, 11) is 0. The lowest BCUT2D eigenvalue weighted by molar-refractivity contribution is 0.481. The lowest BCUT2D eigenvalue weighted by Crippen LogP contribution is -1.90. The maximum absolute atomic E-state index is 14.1. The van der Waals surface area contributed by atoms with Gasteiger partial charge >= 0.3 is 0 Å². The summed E-state index contributed by atoms with van der Waals surface area (Å²) >= 11 is 5.71. The molecule has 0 aliphatic heterocycles. The molecule has 0 atom stereocenters. The highest BCUT2D eigenvalue weighted by Gasteiger charge is 2.17. The van der Waals surface area contributed by atoms with Crippen molar-refractivity contribution in [2.24, 2.45) is 5.92 Å². The van der Waals surface area contributed by atoms with Crippen molar-refractivity contribution in [1.29, 1.82) is 0 Å². The van der Waals surface area contributed by atoms with Crippen LogP contribution in [0.15, 0.2) is 34.9 Å². The van der Waals surface area contributed by atoms with Gasteiger partial charge in [-0.2, -0.15) is 0 Å². The van der Waals surface area contributed by atoms with E-state index in [9.17, 15) is 9.50 Å². The van der Waals surface area contributed by atoms with E-state index in [1.807, 2.05) is 0 Å². The number of phenols is 1. The van der Waals surface area contributed by atoms with Gasteiger partial charge in [-0.3, -0.25) is 0 Å². The van der Waals surface area contributed by atoms with Gasteiger partial charge < -0.3 is 9.52 Å². The summed E-state index contributed by atoms with van der Waals surface area (Å²) in [6, 6.07) is 6.63. The Hall–Kier alpha value is -2.07. The van der Waals surface area contributed by atoms with Crippen molar-refractivity contribution in [2.75, 3.05) is 0 Å². The van der Waals surface area contributed by atoms with Gasteiger partial charge in [0, 0.05) is 23.7 Å². The van der Waals surface area contributed by atoms with E-state index in [-0.39, 0.29) is 16.5 Å². The van der Waals surface area contributed by atoms with Crippen LogP contribution in [0.5, 0.6) is 5.75 Å². The van der Waals surface area contributed by atoms with Crippen molar-refractivity contribution in [3.63, 3.8) is 0 Å². The summed E-state index contributed by atoms with van der Waals surface area (Å²) < 4.78 is 19.8. The highest BCUT2D eigenvalue weighted by atomic mass is 35.5. The normalized spacial score (nSPS) is 11.5. The molecule has 0 aliphatic carbocycles. The topological polar surface area (TPSA) is 46.3 Å². The van der Waals surface area contributed by atoms with E-state index < -0.39 is 5.82 Å². The van der Waals surface area contributed by atoms with Crippen LogP contribution in [0.2, 0.25) is 5.15 Å². The Bertz CT molecular complexity index is 842. The SMILES string of the molecule is CC(C)Cc1cc2c(O)c(-c3ccnc(Cl)c3F)ccc2o1. The first-order chi connectivity index (χ1) is 10.5. The quantitative estimate of drug-likeness (QED) is 0.676. The first-order valence-corrected chi connectivity index (χ1v) is 7.40. The van der Waals surface area contributed by atoms with Crippen LogP contribution in [0, 0.1) is 11.7 Å². The minimum absolute atomic E-state index is 0.0163. The van der Waals surface area contributed by atoms with Crippen molar-refractivity contribution in [3.8, 4) is 16.9 Å². The molecule has 1 N–H and O–H groups in total. The number of halogens is 2. The van der Waals surface area contributed by atoms with Gasteiger partial charge in [-0.05, 0) is 30.2 Å². The summed E-state index contributed by atoms with van der Waals surface area (Å²) in [6.07, 6.45) is 2.18. The first-order valence-electron chi connectivity index (χ1n) is 7.02. The number of pyridine rings is 1. The number of benzene rings is 1. The number of phenolic OH excluding ortho intramolecular Hbond substituents is 1. The van der Waals surface area contributed by atoms with Crippen molar-refractivity contribution in [2.45, 2.75) is 20.3 Å². The molecule has 0 fully saturated rings. The predicted octanol–water partition coefficient (Wildman–Crippen LogP) is 5.19. The molecule has 0 radical (unpaired) electrons. The highest BCUT2D eigenvalue weighted by Crippen LogP contribution is 2.39. The zero-order valence-corrected chi connectivity index (χ0v) is 13.0. The Morgan fingerprint density at radius 1 is 1.27 bits per heavy atom. The summed E-state index contributed by atoms with van der Waals surface area (Å²) in [5, 5.41) is 10.8. The van der Waals surface area contributed by atoms with E-state index in [0.29, 0.717) is 22.5 Å². The van der Waals surface area contributed by atoms with E-state index in [2.05, 4.69) is 18.8 Å². The van der Waals surface area contributed by atoms with Gasteiger partial charge in [0.25, 0.3) is 0 Å². The van der Waals surface area contributed by atoms with Crippen LogP contribution in [0.3, 0.4) is 0 Å². The Morgan fingerprint density at radius 3 is 2.77 bits per heavy atom. The molecule has 3 aromatic rings. The minimum atomic E-state index is -0.648. The molecule has 3 rings (SSSR count). The fourth-order valence-corrected chi connectivity index (χ4v) is 2.65. The molecule has 0 saturated heterocycles. The summed E-state index contributed by atoms with van der Waals surface area (Å²) in [4.78, 5) is 3.68. The molecule has 0 saturated carbocycles. The van der Waals surface area contributed by atoms with E-state index in [0.717, 1.165) is 12.2 Å². The van der Waals surface area contributed by atoms with Gasteiger partial charge in [0.2, 0.25) is 0 Å². The first kappa shape index (κ1) is 14.9. The molecule has 22 heavy (non-hydrogen) atoms. The average molecular weight is 320 g/mol. The molecule has 2 heterocycles. The summed E-state index contributed by atoms with van der Waals surface area (Å²) in [5.74, 6) is 0.575. The standard InChI is InChI=1S/C17H15ClFNO2/c1-9(2)7-10-8-13-14(22-10)4-3-12(16(13)21)11-5-6-20-17(18)15(11)19/h3-6,8-9,21H,7H2,1-2H3. The number of nitrogens with zero attached hydrogens (tertiary/aromatic N) is 1. The molecule has 0 amide bonds. The number of aromatic hydroxyl groups is 1. The van der Waals surface area contributed by atoms with Gasteiger partial charge in [0.15, 0.2) is 11.0 Å². The fraction of sp³-hybridized carbons (Fsp3) is 0.235. The minimum Gasteiger partial charge on any atom is -0.507 e. The molecular formula is C17H15ClFNO2. The molecule has 0 aliphatic rings. The monoisotopic (exact) mass is 319 g/mol. The molecular weight excluding hydrogens is 305 g/mol.